The summed E-state index contributed by atoms with van der Waals surface area (Å²) in [6, 6.07) is 17.0. The number of amides is 2. The van der Waals surface area contributed by atoms with Gasteiger partial charge >= 0.3 is 0 Å². The van der Waals surface area contributed by atoms with Crippen molar-refractivity contribution in [3.63, 3.8) is 0 Å². The number of nitrogens with one attached hydrogen (secondary N) is 3. The first-order valence-electron chi connectivity index (χ1n) is 9.26. The Labute approximate surface area is 163 Å². The molecule has 0 fully saturated rings. The van der Waals surface area contributed by atoms with E-state index in [9.17, 15) is 14.4 Å². The molecule has 0 aliphatic heterocycles. The minimum absolute atomic E-state index is 0.0105. The van der Waals surface area contributed by atoms with Crippen molar-refractivity contribution in [2.24, 2.45) is 0 Å². The van der Waals surface area contributed by atoms with Crippen LogP contribution in [-0.2, 0) is 11.2 Å². The molecule has 2 aromatic carbocycles. The smallest absolute Gasteiger partial charge is 0.257 e. The van der Waals surface area contributed by atoms with Gasteiger partial charge in [0.05, 0.1) is 6.54 Å². The van der Waals surface area contributed by atoms with Crippen LogP contribution >= 0.6 is 0 Å². The summed E-state index contributed by atoms with van der Waals surface area (Å²) in [5.41, 5.74) is 1.51. The molecule has 3 N–H and O–H groups in total. The Bertz CT molecular complexity index is 1030. The molecule has 3 rings (SSSR count). The second-order valence-corrected chi connectivity index (χ2v) is 6.75. The van der Waals surface area contributed by atoms with Gasteiger partial charge in [0, 0.05) is 23.1 Å². The molecule has 0 spiro atoms. The second-order valence-electron chi connectivity index (χ2n) is 6.75. The van der Waals surface area contributed by atoms with Crippen LogP contribution in [0.3, 0.4) is 0 Å². The van der Waals surface area contributed by atoms with Crippen LogP contribution in [0.15, 0.2) is 65.6 Å². The lowest BCUT2D eigenvalue weighted by Crippen LogP contribution is -2.41. The van der Waals surface area contributed by atoms with E-state index < -0.39 is 5.91 Å². The van der Waals surface area contributed by atoms with Gasteiger partial charge in [0.2, 0.25) is 11.3 Å². The highest BCUT2D eigenvalue weighted by atomic mass is 16.2. The maximum Gasteiger partial charge on any atom is 0.257 e. The molecule has 3 aromatic rings. The molecular weight excluding hydrogens is 354 g/mol. The highest BCUT2D eigenvalue weighted by Crippen LogP contribution is 2.07. The predicted molar refractivity (Wildman–Crippen MR) is 109 cm³/mol. The molecule has 144 valence electrons. The van der Waals surface area contributed by atoms with E-state index in [2.05, 4.69) is 27.8 Å². The Morgan fingerprint density at radius 2 is 1.75 bits per heavy atom. The number of benzene rings is 2. The number of fused-ring (bicyclic) bond motifs is 1. The number of carbonyl (C=O) groups excluding carboxylic acids is 2. The SMILES string of the molecule is CC(CCc1ccccc1)NC(=O)CNC(=O)c1c[nH]c2ccccc2c1=O. The topological polar surface area (TPSA) is 91.1 Å². The summed E-state index contributed by atoms with van der Waals surface area (Å²) in [5, 5.41) is 5.81. The van der Waals surface area contributed by atoms with E-state index in [-0.39, 0.29) is 29.5 Å². The van der Waals surface area contributed by atoms with Crippen LogP contribution in [0, 0.1) is 0 Å². The molecule has 1 atom stereocenters. The molecule has 0 radical (unpaired) electrons. The van der Waals surface area contributed by atoms with Gasteiger partial charge in [-0.2, -0.15) is 0 Å². The van der Waals surface area contributed by atoms with Gasteiger partial charge in [-0.1, -0.05) is 42.5 Å². The van der Waals surface area contributed by atoms with Gasteiger partial charge in [0.15, 0.2) is 0 Å². The molecule has 0 aliphatic rings. The van der Waals surface area contributed by atoms with Crippen LogP contribution in [0.1, 0.15) is 29.3 Å². The standard InChI is InChI=1S/C22H23N3O3/c1-15(11-12-16-7-3-2-4-8-16)25-20(26)14-24-22(28)18-13-23-19-10-6-5-9-17(19)21(18)27/h2-10,13,15H,11-12,14H2,1H3,(H,23,27)(H,24,28)(H,25,26). The number of carbonyl (C=O) groups is 2. The summed E-state index contributed by atoms with van der Waals surface area (Å²) >= 11 is 0. The van der Waals surface area contributed by atoms with Gasteiger partial charge in [-0.05, 0) is 37.5 Å². The van der Waals surface area contributed by atoms with Crippen molar-refractivity contribution < 1.29 is 9.59 Å². The zero-order chi connectivity index (χ0) is 19.9. The number of rotatable bonds is 7. The Hall–Kier alpha value is -3.41. The average molecular weight is 377 g/mol. The molecule has 2 amide bonds. The van der Waals surface area contributed by atoms with E-state index in [0.717, 1.165) is 12.8 Å². The van der Waals surface area contributed by atoms with Crippen molar-refractivity contribution in [3.8, 4) is 0 Å². The Morgan fingerprint density at radius 1 is 1.04 bits per heavy atom. The van der Waals surface area contributed by atoms with Crippen molar-refractivity contribution in [1.29, 1.82) is 0 Å². The first kappa shape index (κ1) is 19.4. The number of hydrogen-bond donors (Lipinski definition) is 3. The zero-order valence-electron chi connectivity index (χ0n) is 15.7. The highest BCUT2D eigenvalue weighted by molar-refractivity contribution is 5.98. The van der Waals surface area contributed by atoms with Crippen LogP contribution in [0.4, 0.5) is 0 Å². The molecule has 0 saturated heterocycles. The van der Waals surface area contributed by atoms with Crippen molar-refractivity contribution in [1.82, 2.24) is 15.6 Å². The molecule has 1 unspecified atom stereocenters. The fourth-order valence-electron chi connectivity index (χ4n) is 3.02. The maximum absolute atomic E-state index is 12.4. The van der Waals surface area contributed by atoms with Crippen molar-refractivity contribution in [2.45, 2.75) is 25.8 Å². The van der Waals surface area contributed by atoms with Gasteiger partial charge in [0.1, 0.15) is 5.56 Å². The van der Waals surface area contributed by atoms with Crippen LogP contribution in [-0.4, -0.2) is 29.4 Å². The molecule has 1 aromatic heterocycles. The van der Waals surface area contributed by atoms with E-state index in [0.29, 0.717) is 10.9 Å². The Balaban J connectivity index is 1.51. The number of pyridine rings is 1. The number of aromatic amines is 1. The third kappa shape index (κ3) is 4.85. The van der Waals surface area contributed by atoms with Gasteiger partial charge in [-0.15, -0.1) is 0 Å². The number of hydrogen-bond acceptors (Lipinski definition) is 3. The van der Waals surface area contributed by atoms with E-state index in [1.165, 1.54) is 11.8 Å². The summed E-state index contributed by atoms with van der Waals surface area (Å²) < 4.78 is 0. The number of aromatic nitrogens is 1. The summed E-state index contributed by atoms with van der Waals surface area (Å²) in [5.74, 6) is -0.856. The minimum Gasteiger partial charge on any atom is -0.360 e. The number of aryl methyl sites for hydroxylation is 1. The molecule has 6 nitrogen and oxygen atoms in total. The lowest BCUT2D eigenvalue weighted by atomic mass is 10.1. The fraction of sp³-hybridized carbons (Fsp3) is 0.227. The van der Waals surface area contributed by atoms with Crippen molar-refractivity contribution >= 4 is 22.7 Å². The third-order valence-electron chi connectivity index (χ3n) is 4.56. The summed E-state index contributed by atoms with van der Waals surface area (Å²) in [4.78, 5) is 39.7. The van der Waals surface area contributed by atoms with Gasteiger partial charge in [-0.25, -0.2) is 0 Å². The number of H-pyrrole nitrogens is 1. The molecular formula is C22H23N3O3. The largest absolute Gasteiger partial charge is 0.360 e. The van der Waals surface area contributed by atoms with Crippen molar-refractivity contribution in [3.05, 3.63) is 82.1 Å². The first-order valence-corrected chi connectivity index (χ1v) is 9.26. The van der Waals surface area contributed by atoms with E-state index in [1.807, 2.05) is 25.1 Å². The Kier molecular flexibility index (Phi) is 6.22. The first-order chi connectivity index (χ1) is 13.5. The van der Waals surface area contributed by atoms with E-state index in [4.69, 9.17) is 0 Å². The molecule has 28 heavy (non-hydrogen) atoms. The van der Waals surface area contributed by atoms with E-state index in [1.54, 1.807) is 24.3 Å². The molecule has 1 heterocycles. The van der Waals surface area contributed by atoms with Crippen LogP contribution < -0.4 is 16.1 Å². The van der Waals surface area contributed by atoms with Gasteiger partial charge in [0.25, 0.3) is 5.91 Å². The zero-order valence-corrected chi connectivity index (χ0v) is 15.7. The van der Waals surface area contributed by atoms with Crippen LogP contribution in [0.25, 0.3) is 10.9 Å². The van der Waals surface area contributed by atoms with Gasteiger partial charge < -0.3 is 15.6 Å². The normalized spacial score (nSPS) is 11.8. The van der Waals surface area contributed by atoms with Crippen LogP contribution in [0.5, 0.6) is 0 Å². The predicted octanol–water partition coefficient (Wildman–Crippen LogP) is 2.40. The third-order valence-corrected chi connectivity index (χ3v) is 4.56. The summed E-state index contributed by atoms with van der Waals surface area (Å²) in [6.07, 6.45) is 3.04. The average Bonchev–Trinajstić information content (AvgIpc) is 2.72. The minimum atomic E-state index is -0.570. The summed E-state index contributed by atoms with van der Waals surface area (Å²) in [7, 11) is 0. The monoisotopic (exact) mass is 377 g/mol. The molecule has 6 heteroatoms. The lowest BCUT2D eigenvalue weighted by Gasteiger charge is -2.14. The second kappa shape index (κ2) is 8.99. The van der Waals surface area contributed by atoms with Gasteiger partial charge in [-0.3, -0.25) is 14.4 Å². The molecule has 0 saturated carbocycles. The quantitative estimate of drug-likeness (QED) is 0.590. The van der Waals surface area contributed by atoms with Crippen molar-refractivity contribution in [2.75, 3.05) is 6.54 Å². The molecule has 0 aliphatic carbocycles. The number of para-hydroxylation sites is 1. The Morgan fingerprint density at radius 3 is 2.54 bits per heavy atom. The van der Waals surface area contributed by atoms with Crippen LogP contribution in [0.2, 0.25) is 0 Å². The molecule has 0 bridgehead atoms. The summed E-state index contributed by atoms with van der Waals surface area (Å²) in [6.45, 7) is 1.75. The fourth-order valence-corrected chi connectivity index (χ4v) is 3.02. The lowest BCUT2D eigenvalue weighted by molar-refractivity contribution is -0.120. The maximum atomic E-state index is 12.4. The van der Waals surface area contributed by atoms with E-state index >= 15 is 0 Å². The highest BCUT2D eigenvalue weighted by Gasteiger charge is 2.14.